The molecule has 0 saturated carbocycles. The van der Waals surface area contributed by atoms with Gasteiger partial charge >= 0.3 is 0 Å². The summed E-state index contributed by atoms with van der Waals surface area (Å²) in [5.74, 6) is -1.42. The first kappa shape index (κ1) is 26.9. The molecule has 10 heteroatoms. The van der Waals surface area contributed by atoms with Crippen LogP contribution in [0.25, 0.3) is 0 Å². The Bertz CT molecular complexity index is 1110. The lowest BCUT2D eigenvalue weighted by Crippen LogP contribution is -2.43. The third-order valence-corrected chi connectivity index (χ3v) is 5.49. The van der Waals surface area contributed by atoms with Crippen molar-refractivity contribution in [3.05, 3.63) is 76.6 Å². The number of carbonyl (C=O) groups is 3. The Balaban J connectivity index is 1.78. The number of aryl methyl sites for hydroxylation is 2. The second-order valence-electron chi connectivity index (χ2n) is 8.66. The molecule has 0 radical (unpaired) electrons. The molecular formula is C26H32N4O6. The van der Waals surface area contributed by atoms with Crippen LogP contribution in [0.1, 0.15) is 23.0 Å². The highest BCUT2D eigenvalue weighted by atomic mass is 16.7. The fourth-order valence-electron chi connectivity index (χ4n) is 3.53. The number of anilines is 1. The van der Waals surface area contributed by atoms with Gasteiger partial charge < -0.3 is 24.6 Å². The number of benzene rings is 2. The minimum atomic E-state index is -0.820. The van der Waals surface area contributed by atoms with Crippen LogP contribution < -0.4 is 10.8 Å². The second kappa shape index (κ2) is 12.3. The Kier molecular flexibility index (Phi) is 9.18. The quantitative estimate of drug-likeness (QED) is 0.180. The summed E-state index contributed by atoms with van der Waals surface area (Å²) in [6.07, 6.45) is -0.610. The summed E-state index contributed by atoms with van der Waals surface area (Å²) in [5.41, 5.74) is 5.48. The van der Waals surface area contributed by atoms with Crippen LogP contribution in [-0.4, -0.2) is 68.5 Å². The molecule has 36 heavy (non-hydrogen) atoms. The van der Waals surface area contributed by atoms with Crippen molar-refractivity contribution >= 4 is 23.9 Å². The molecule has 2 aromatic carbocycles. The molecule has 2 N–H and O–H groups in total. The first-order valence-corrected chi connectivity index (χ1v) is 11.4. The Morgan fingerprint density at radius 1 is 1.03 bits per heavy atom. The molecule has 0 spiro atoms. The molecule has 3 rings (SSSR count). The summed E-state index contributed by atoms with van der Waals surface area (Å²) in [6.45, 7) is 4.18. The highest BCUT2D eigenvalue weighted by Crippen LogP contribution is 2.24. The Morgan fingerprint density at radius 3 is 2.28 bits per heavy atom. The molecule has 0 aromatic heterocycles. The average Bonchev–Trinajstić information content (AvgIpc) is 2.88. The Morgan fingerprint density at radius 2 is 1.69 bits per heavy atom. The summed E-state index contributed by atoms with van der Waals surface area (Å²) in [7, 11) is 4.47. The average molecular weight is 497 g/mol. The number of hydrogen-bond donors (Lipinski definition) is 2. The van der Waals surface area contributed by atoms with Gasteiger partial charge in [-0.15, -0.1) is 0 Å². The van der Waals surface area contributed by atoms with Gasteiger partial charge in [-0.05, 0) is 25.5 Å². The van der Waals surface area contributed by atoms with E-state index in [0.717, 1.165) is 21.6 Å². The summed E-state index contributed by atoms with van der Waals surface area (Å²) < 4.78 is 11.4. The molecule has 1 saturated heterocycles. The maximum atomic E-state index is 13.2. The molecule has 1 fully saturated rings. The first-order valence-electron chi connectivity index (χ1n) is 11.4. The lowest BCUT2D eigenvalue weighted by molar-refractivity contribution is -0.240. The standard InChI is InChI=1S/C26H32N4O6/c1-17-11-12-21(18(2)13-17)27-23(30(5)16-31)22(25(33)29(3)4)24(32)28-36-20-14-34-26(35-15-20)19-9-7-6-8-10-19/h6-13,16,20,26-27H,14-15H2,1-5H3,(H,28,32)/b23-22-. The van der Waals surface area contributed by atoms with E-state index in [1.54, 1.807) is 0 Å². The van der Waals surface area contributed by atoms with E-state index in [0.29, 0.717) is 12.1 Å². The van der Waals surface area contributed by atoms with Gasteiger partial charge in [0.2, 0.25) is 6.41 Å². The number of amides is 3. The van der Waals surface area contributed by atoms with Gasteiger partial charge in [0.15, 0.2) is 6.29 Å². The summed E-state index contributed by atoms with van der Waals surface area (Å²) >= 11 is 0. The maximum Gasteiger partial charge on any atom is 0.284 e. The van der Waals surface area contributed by atoms with Crippen LogP contribution in [0.15, 0.2) is 59.9 Å². The van der Waals surface area contributed by atoms with Crippen molar-refractivity contribution in [1.82, 2.24) is 15.3 Å². The number of carbonyl (C=O) groups excluding carboxylic acids is 3. The van der Waals surface area contributed by atoms with E-state index >= 15 is 0 Å². The number of nitrogens with one attached hydrogen (secondary N) is 2. The van der Waals surface area contributed by atoms with Crippen molar-refractivity contribution in [3.63, 3.8) is 0 Å². The third-order valence-electron chi connectivity index (χ3n) is 5.49. The normalized spacial score (nSPS) is 18.0. The topological polar surface area (TPSA) is 109 Å². The number of ether oxygens (including phenoxy) is 2. The van der Waals surface area contributed by atoms with Crippen molar-refractivity contribution in [2.45, 2.75) is 26.2 Å². The van der Waals surface area contributed by atoms with E-state index in [-0.39, 0.29) is 24.6 Å². The van der Waals surface area contributed by atoms with Crippen LogP contribution in [-0.2, 0) is 28.7 Å². The zero-order valence-electron chi connectivity index (χ0n) is 21.1. The summed E-state index contributed by atoms with van der Waals surface area (Å²) in [6, 6.07) is 15.1. The van der Waals surface area contributed by atoms with Crippen LogP contribution in [0.4, 0.5) is 5.69 Å². The van der Waals surface area contributed by atoms with Gasteiger partial charge in [0.25, 0.3) is 11.8 Å². The number of nitrogens with zero attached hydrogens (tertiary/aromatic N) is 2. The van der Waals surface area contributed by atoms with E-state index in [1.165, 1.54) is 26.0 Å². The Hall–Kier alpha value is -3.73. The smallest absolute Gasteiger partial charge is 0.284 e. The molecule has 2 aromatic rings. The molecule has 0 bridgehead atoms. The first-order chi connectivity index (χ1) is 17.2. The molecule has 3 amide bonds. The van der Waals surface area contributed by atoms with Gasteiger partial charge in [-0.25, -0.2) is 5.48 Å². The van der Waals surface area contributed by atoms with Crippen LogP contribution in [0.2, 0.25) is 0 Å². The van der Waals surface area contributed by atoms with Crippen LogP contribution in [0.5, 0.6) is 0 Å². The van der Waals surface area contributed by atoms with E-state index in [1.807, 2.05) is 62.4 Å². The van der Waals surface area contributed by atoms with Crippen molar-refractivity contribution in [1.29, 1.82) is 0 Å². The summed E-state index contributed by atoms with van der Waals surface area (Å²) in [4.78, 5) is 45.8. The van der Waals surface area contributed by atoms with E-state index in [2.05, 4.69) is 10.8 Å². The minimum absolute atomic E-state index is 0.0111. The Labute approximate surface area is 210 Å². The van der Waals surface area contributed by atoms with E-state index in [4.69, 9.17) is 14.3 Å². The van der Waals surface area contributed by atoms with Crippen molar-refractivity contribution in [2.75, 3.05) is 39.7 Å². The van der Waals surface area contributed by atoms with E-state index < -0.39 is 24.2 Å². The maximum absolute atomic E-state index is 13.2. The number of hydrogen-bond acceptors (Lipinski definition) is 7. The lowest BCUT2D eigenvalue weighted by atomic mass is 10.1. The number of hydroxylamine groups is 1. The lowest BCUT2D eigenvalue weighted by Gasteiger charge is -2.29. The highest BCUT2D eigenvalue weighted by Gasteiger charge is 2.30. The van der Waals surface area contributed by atoms with Gasteiger partial charge in [-0.1, -0.05) is 48.0 Å². The molecule has 0 aliphatic carbocycles. The fourth-order valence-corrected chi connectivity index (χ4v) is 3.53. The monoisotopic (exact) mass is 496 g/mol. The van der Waals surface area contributed by atoms with Crippen molar-refractivity contribution in [2.24, 2.45) is 0 Å². The predicted octanol–water partition coefficient (Wildman–Crippen LogP) is 2.27. The van der Waals surface area contributed by atoms with Gasteiger partial charge in [0.05, 0.1) is 13.2 Å². The summed E-state index contributed by atoms with van der Waals surface area (Å²) in [5, 5.41) is 3.06. The van der Waals surface area contributed by atoms with Gasteiger partial charge in [-0.2, -0.15) is 0 Å². The fraction of sp³-hybridized carbons (Fsp3) is 0.346. The molecule has 0 unspecified atom stereocenters. The molecule has 1 aliphatic heterocycles. The minimum Gasteiger partial charge on any atom is -0.345 e. The zero-order valence-corrected chi connectivity index (χ0v) is 21.1. The molecule has 1 heterocycles. The molecule has 192 valence electrons. The zero-order chi connectivity index (χ0) is 26.2. The molecular weight excluding hydrogens is 464 g/mol. The highest BCUT2D eigenvalue weighted by molar-refractivity contribution is 6.19. The van der Waals surface area contributed by atoms with Crippen molar-refractivity contribution < 1.29 is 28.7 Å². The molecule has 10 nitrogen and oxygen atoms in total. The van der Waals surface area contributed by atoms with Gasteiger partial charge in [0.1, 0.15) is 17.5 Å². The van der Waals surface area contributed by atoms with Gasteiger partial charge in [0, 0.05) is 32.4 Å². The molecule has 1 aliphatic rings. The van der Waals surface area contributed by atoms with E-state index in [9.17, 15) is 14.4 Å². The van der Waals surface area contributed by atoms with Crippen LogP contribution in [0.3, 0.4) is 0 Å². The van der Waals surface area contributed by atoms with Crippen molar-refractivity contribution in [3.8, 4) is 0 Å². The van der Waals surface area contributed by atoms with Crippen LogP contribution >= 0.6 is 0 Å². The largest absolute Gasteiger partial charge is 0.345 e. The van der Waals surface area contributed by atoms with Crippen LogP contribution in [0, 0.1) is 13.8 Å². The second-order valence-corrected chi connectivity index (χ2v) is 8.66. The molecule has 0 atom stereocenters. The number of likely N-dealkylation sites (N-methyl/N-ethyl adjacent to an activating group) is 1. The van der Waals surface area contributed by atoms with Gasteiger partial charge in [-0.3, -0.25) is 19.2 Å². The predicted molar refractivity (Wildman–Crippen MR) is 133 cm³/mol. The number of rotatable bonds is 9. The third kappa shape index (κ3) is 6.69. The SMILES string of the molecule is Cc1ccc(N/C(=C(\C(=O)NOC2COC(c3ccccc3)OC2)C(=O)N(C)C)N(C)C=O)c(C)c1.